The number of aliphatic hydroxyl groups excluding tert-OH is 1. The zero-order valence-corrected chi connectivity index (χ0v) is 25.7. The summed E-state index contributed by atoms with van der Waals surface area (Å²) in [5.41, 5.74) is 0.670. The van der Waals surface area contributed by atoms with Crippen LogP contribution in [0.5, 0.6) is 5.75 Å². The van der Waals surface area contributed by atoms with Crippen LogP contribution in [-0.2, 0) is 19.6 Å². The van der Waals surface area contributed by atoms with Crippen LogP contribution in [0.1, 0.15) is 30.6 Å². The van der Waals surface area contributed by atoms with Gasteiger partial charge in [0.15, 0.2) is 0 Å². The Labute approximate surface area is 252 Å². The van der Waals surface area contributed by atoms with Crippen molar-refractivity contribution in [2.24, 2.45) is 5.92 Å². The molecule has 4 rings (SSSR count). The number of fused-ring (bicyclic) bond motifs is 1. The van der Waals surface area contributed by atoms with E-state index in [0.717, 1.165) is 13.1 Å². The summed E-state index contributed by atoms with van der Waals surface area (Å²) < 4.78 is 39.4. The minimum Gasteiger partial charge on any atom is -0.488 e. The van der Waals surface area contributed by atoms with Gasteiger partial charge in [-0.25, -0.2) is 8.42 Å². The van der Waals surface area contributed by atoms with Crippen LogP contribution in [0, 0.1) is 5.92 Å². The van der Waals surface area contributed by atoms with Crippen molar-refractivity contribution in [3.05, 3.63) is 53.1 Å². The van der Waals surface area contributed by atoms with E-state index in [9.17, 15) is 23.1 Å². The summed E-state index contributed by atoms with van der Waals surface area (Å²) in [4.78, 5) is 30.2. The fourth-order valence-electron chi connectivity index (χ4n) is 4.96. The monoisotopic (exact) mass is 622 g/mol. The largest absolute Gasteiger partial charge is 0.488 e. The van der Waals surface area contributed by atoms with Crippen molar-refractivity contribution < 1.29 is 32.6 Å². The number of amides is 2. The molecule has 230 valence electrons. The van der Waals surface area contributed by atoms with Gasteiger partial charge in [0.25, 0.3) is 5.91 Å². The minimum atomic E-state index is -3.84. The fraction of sp³-hybridized carbons (Fsp3) is 0.517. The molecule has 11 nitrogen and oxygen atoms in total. The molecule has 13 heteroatoms. The minimum absolute atomic E-state index is 0.0150. The van der Waals surface area contributed by atoms with Crippen molar-refractivity contribution in [3.63, 3.8) is 0 Å². The lowest BCUT2D eigenvalue weighted by atomic mass is 9.99. The molecule has 3 atom stereocenters. The summed E-state index contributed by atoms with van der Waals surface area (Å²) in [5.74, 6) is -0.529. The molecule has 42 heavy (non-hydrogen) atoms. The Hall–Kier alpha value is -2.74. The van der Waals surface area contributed by atoms with E-state index in [2.05, 4.69) is 10.2 Å². The van der Waals surface area contributed by atoms with E-state index >= 15 is 0 Å². The zero-order valence-electron chi connectivity index (χ0n) is 24.2. The molecule has 0 saturated carbocycles. The average molecular weight is 623 g/mol. The molecule has 0 aromatic heterocycles. The fourth-order valence-corrected chi connectivity index (χ4v) is 6.27. The number of anilines is 1. The second kappa shape index (κ2) is 14.2. The molecule has 2 heterocycles. The number of hydrogen-bond acceptors (Lipinski definition) is 8. The van der Waals surface area contributed by atoms with Crippen LogP contribution in [0.3, 0.4) is 0 Å². The van der Waals surface area contributed by atoms with Crippen molar-refractivity contribution in [3.8, 4) is 5.75 Å². The van der Waals surface area contributed by atoms with Crippen molar-refractivity contribution in [2.75, 3.05) is 64.9 Å². The number of morpholine rings is 1. The van der Waals surface area contributed by atoms with Gasteiger partial charge in [-0.2, -0.15) is 4.31 Å². The lowest BCUT2D eigenvalue weighted by Crippen LogP contribution is -2.50. The maximum Gasteiger partial charge on any atom is 0.258 e. The third kappa shape index (κ3) is 7.80. The number of rotatable bonds is 10. The number of nitrogens with one attached hydrogen (secondary N) is 1. The first kappa shape index (κ1) is 32.2. The first-order valence-corrected chi connectivity index (χ1v) is 15.9. The van der Waals surface area contributed by atoms with Crippen LogP contribution in [0.2, 0.25) is 5.02 Å². The summed E-state index contributed by atoms with van der Waals surface area (Å²) in [6, 6.07) is 10.3. The average Bonchev–Trinajstić information content (AvgIpc) is 2.98. The number of aliphatic hydroxyl groups is 1. The predicted molar refractivity (Wildman–Crippen MR) is 159 cm³/mol. The number of halogens is 1. The maximum atomic E-state index is 13.7. The molecule has 2 N–H and O–H groups in total. The van der Waals surface area contributed by atoms with E-state index in [1.165, 1.54) is 35.6 Å². The van der Waals surface area contributed by atoms with E-state index < -0.39 is 22.2 Å². The van der Waals surface area contributed by atoms with Gasteiger partial charge in [0, 0.05) is 56.3 Å². The highest BCUT2D eigenvalue weighted by atomic mass is 35.5. The molecule has 0 unspecified atom stereocenters. The molecular formula is C29H39ClN4O7S. The summed E-state index contributed by atoms with van der Waals surface area (Å²) in [6.45, 7) is 7.11. The Bertz CT molecular complexity index is 1350. The van der Waals surface area contributed by atoms with Crippen LogP contribution in [-0.4, -0.2) is 111 Å². The van der Waals surface area contributed by atoms with Gasteiger partial charge in [-0.3, -0.25) is 14.5 Å². The molecule has 2 aromatic rings. The first-order valence-electron chi connectivity index (χ1n) is 14.0. The summed E-state index contributed by atoms with van der Waals surface area (Å²) in [6.07, 6.45) is -0.324. The van der Waals surface area contributed by atoms with Crippen LogP contribution in [0.4, 0.5) is 5.69 Å². The Balaban J connectivity index is 1.55. The molecule has 2 aliphatic heterocycles. The Kier molecular flexibility index (Phi) is 10.8. The number of likely N-dealkylation sites (N-methyl/N-ethyl adjacent to an activating group) is 1. The quantitative estimate of drug-likeness (QED) is 0.414. The van der Waals surface area contributed by atoms with Crippen LogP contribution < -0.4 is 10.1 Å². The number of sulfonamides is 1. The van der Waals surface area contributed by atoms with E-state index in [1.54, 1.807) is 30.0 Å². The molecular weight excluding hydrogens is 584 g/mol. The van der Waals surface area contributed by atoms with Gasteiger partial charge in [0.2, 0.25) is 15.9 Å². The van der Waals surface area contributed by atoms with Crippen LogP contribution >= 0.6 is 11.6 Å². The number of carbonyl (C=O) groups excluding carboxylic acids is 2. The Morgan fingerprint density at radius 3 is 2.55 bits per heavy atom. The van der Waals surface area contributed by atoms with E-state index in [0.29, 0.717) is 36.9 Å². The molecule has 2 amide bonds. The highest BCUT2D eigenvalue weighted by Gasteiger charge is 2.35. The molecule has 0 radical (unpaired) electrons. The summed E-state index contributed by atoms with van der Waals surface area (Å²) >= 11 is 5.94. The molecule has 0 spiro atoms. The second-order valence-corrected chi connectivity index (χ2v) is 13.3. The number of nitrogens with zero attached hydrogens (tertiary/aromatic N) is 3. The van der Waals surface area contributed by atoms with Gasteiger partial charge in [0.1, 0.15) is 11.9 Å². The molecule has 0 aliphatic carbocycles. The Morgan fingerprint density at radius 2 is 1.88 bits per heavy atom. The second-order valence-electron chi connectivity index (χ2n) is 10.8. The standard InChI is InChI=1S/C29H39ClN4O7S/c1-20-17-34(21(2)19-35)29(37)25-16-23(31-28(36)10-11-33-12-14-40-15-13-33)6-9-26(25)41-27(20)18-32(3)42(38,39)24-7-4-22(30)5-8-24/h4-9,16,20-21,27,35H,10-15,17-19H2,1-3H3,(H,31,36)/t20-,21+,27+/m1/s1. The van der Waals surface area contributed by atoms with E-state index in [4.69, 9.17) is 21.1 Å². The molecule has 1 fully saturated rings. The van der Waals surface area contributed by atoms with Crippen LogP contribution in [0.25, 0.3) is 0 Å². The van der Waals surface area contributed by atoms with Crippen molar-refractivity contribution in [1.29, 1.82) is 0 Å². The van der Waals surface area contributed by atoms with Gasteiger partial charge < -0.3 is 24.8 Å². The maximum absolute atomic E-state index is 13.7. The van der Waals surface area contributed by atoms with E-state index in [-0.39, 0.29) is 53.6 Å². The topological polar surface area (TPSA) is 129 Å². The molecule has 2 aliphatic rings. The summed E-state index contributed by atoms with van der Waals surface area (Å²) in [5, 5.41) is 13.2. The van der Waals surface area contributed by atoms with E-state index in [1.807, 2.05) is 6.92 Å². The summed E-state index contributed by atoms with van der Waals surface area (Å²) in [7, 11) is -2.36. The SMILES string of the molecule is C[C@@H]1CN([C@@H](C)CO)C(=O)c2cc(NC(=O)CCN3CCOCC3)ccc2O[C@H]1CN(C)S(=O)(=O)c1ccc(Cl)cc1. The predicted octanol–water partition coefficient (Wildman–Crippen LogP) is 2.54. The van der Waals surface area contributed by atoms with Crippen molar-refractivity contribution in [2.45, 2.75) is 37.3 Å². The van der Waals surface area contributed by atoms with Crippen molar-refractivity contribution >= 4 is 39.1 Å². The molecule has 0 bridgehead atoms. The first-order chi connectivity index (χ1) is 20.0. The third-order valence-corrected chi connectivity index (χ3v) is 9.76. The number of ether oxygens (including phenoxy) is 2. The number of hydrogen-bond donors (Lipinski definition) is 2. The number of carbonyl (C=O) groups is 2. The zero-order chi connectivity index (χ0) is 30.4. The third-order valence-electron chi connectivity index (χ3n) is 7.67. The smallest absolute Gasteiger partial charge is 0.258 e. The molecule has 2 aromatic carbocycles. The lowest BCUT2D eigenvalue weighted by molar-refractivity contribution is -0.116. The normalized spacial score (nSPS) is 20.8. The highest BCUT2D eigenvalue weighted by molar-refractivity contribution is 7.89. The van der Waals surface area contributed by atoms with Crippen LogP contribution in [0.15, 0.2) is 47.4 Å². The molecule has 1 saturated heterocycles. The Morgan fingerprint density at radius 1 is 1.19 bits per heavy atom. The van der Waals surface area contributed by atoms with Gasteiger partial charge >= 0.3 is 0 Å². The number of benzene rings is 2. The van der Waals surface area contributed by atoms with Gasteiger partial charge in [-0.05, 0) is 49.4 Å². The van der Waals surface area contributed by atoms with Gasteiger partial charge in [-0.15, -0.1) is 0 Å². The van der Waals surface area contributed by atoms with Gasteiger partial charge in [0.05, 0.1) is 42.9 Å². The lowest BCUT2D eigenvalue weighted by Gasteiger charge is -2.38. The highest BCUT2D eigenvalue weighted by Crippen LogP contribution is 2.31. The van der Waals surface area contributed by atoms with Gasteiger partial charge in [-0.1, -0.05) is 18.5 Å². The van der Waals surface area contributed by atoms with Crippen molar-refractivity contribution in [1.82, 2.24) is 14.1 Å².